The van der Waals surface area contributed by atoms with E-state index >= 15 is 0 Å². The molecule has 2 aromatic carbocycles. The Morgan fingerprint density at radius 2 is 1.83 bits per heavy atom. The maximum absolute atomic E-state index is 14.0. The van der Waals surface area contributed by atoms with Crippen molar-refractivity contribution in [3.63, 3.8) is 0 Å². The van der Waals surface area contributed by atoms with Gasteiger partial charge in [-0.25, -0.2) is 19.7 Å². The van der Waals surface area contributed by atoms with Crippen LogP contribution in [0.3, 0.4) is 0 Å². The van der Waals surface area contributed by atoms with Gasteiger partial charge in [0.25, 0.3) is 0 Å². The Hall–Kier alpha value is -4.67. The molecule has 0 spiro atoms. The van der Waals surface area contributed by atoms with Gasteiger partial charge in [0.05, 0.1) is 25.1 Å². The number of ether oxygens (including phenoxy) is 2. The minimum atomic E-state index is -0.536. The minimum absolute atomic E-state index is 0.0186. The van der Waals surface area contributed by atoms with Crippen molar-refractivity contribution in [3.05, 3.63) is 84.9 Å². The van der Waals surface area contributed by atoms with Crippen LogP contribution in [-0.4, -0.2) is 43.8 Å². The SMILES string of the molecule is CCOc1cc2c(cc1OC)-c1cc(=Nc3c(C)cc(C)cc3C)n(CCCC(=O)c3n[nH]c(=O)[nH]3)c(=O)n1CC2. The van der Waals surface area contributed by atoms with Crippen molar-refractivity contribution < 1.29 is 14.3 Å². The van der Waals surface area contributed by atoms with Crippen molar-refractivity contribution in [1.29, 1.82) is 0 Å². The smallest absolute Gasteiger partial charge is 0.341 e. The van der Waals surface area contributed by atoms with Crippen molar-refractivity contribution in [2.45, 2.75) is 60.0 Å². The highest BCUT2D eigenvalue weighted by atomic mass is 16.5. The van der Waals surface area contributed by atoms with Gasteiger partial charge in [0.2, 0.25) is 0 Å². The number of hydrogen-bond donors (Lipinski definition) is 2. The summed E-state index contributed by atoms with van der Waals surface area (Å²) < 4.78 is 14.8. The number of rotatable bonds is 9. The molecule has 0 saturated heterocycles. The van der Waals surface area contributed by atoms with E-state index in [1.807, 2.05) is 45.9 Å². The number of carbonyl (C=O) groups excluding carboxylic acids is 1. The lowest BCUT2D eigenvalue weighted by Gasteiger charge is -2.25. The number of H-pyrrole nitrogens is 2. The van der Waals surface area contributed by atoms with Gasteiger partial charge in [0.1, 0.15) is 5.49 Å². The van der Waals surface area contributed by atoms with Gasteiger partial charge < -0.3 is 9.47 Å². The van der Waals surface area contributed by atoms with Crippen LogP contribution in [-0.2, 0) is 19.5 Å². The fourth-order valence-corrected chi connectivity index (χ4v) is 5.46. The Bertz CT molecular complexity index is 1800. The van der Waals surface area contributed by atoms with E-state index < -0.39 is 5.69 Å². The number of fused-ring (bicyclic) bond motifs is 3. The number of methoxy groups -OCH3 is 1. The van der Waals surface area contributed by atoms with E-state index in [2.05, 4.69) is 27.3 Å². The van der Waals surface area contributed by atoms with E-state index in [4.69, 9.17) is 14.5 Å². The number of nitrogens with zero attached hydrogens (tertiary/aromatic N) is 4. The molecule has 0 fully saturated rings. The van der Waals surface area contributed by atoms with Crippen LogP contribution < -0.4 is 26.3 Å². The van der Waals surface area contributed by atoms with Gasteiger partial charge >= 0.3 is 11.4 Å². The lowest BCUT2D eigenvalue weighted by atomic mass is 9.97. The largest absolute Gasteiger partial charge is 0.493 e. The van der Waals surface area contributed by atoms with Crippen molar-refractivity contribution in [3.8, 4) is 22.8 Å². The lowest BCUT2D eigenvalue weighted by molar-refractivity contribution is 0.0968. The summed E-state index contributed by atoms with van der Waals surface area (Å²) in [6.07, 6.45) is 1.13. The van der Waals surface area contributed by atoms with Crippen LogP contribution in [0, 0.1) is 20.8 Å². The second-order valence-corrected chi connectivity index (χ2v) is 10.2. The second kappa shape index (κ2) is 11.4. The van der Waals surface area contributed by atoms with Crippen LogP contribution >= 0.6 is 0 Å². The molecular formula is C30H34N6O5. The molecule has 1 aliphatic rings. The third-order valence-electron chi connectivity index (χ3n) is 7.28. The summed E-state index contributed by atoms with van der Waals surface area (Å²) in [6.45, 7) is 9.26. The molecule has 41 heavy (non-hydrogen) atoms. The van der Waals surface area contributed by atoms with Gasteiger partial charge in [-0.15, -0.1) is 5.10 Å². The fraction of sp³-hybridized carbons (Fsp3) is 0.367. The Labute approximate surface area is 236 Å². The summed E-state index contributed by atoms with van der Waals surface area (Å²) in [5.41, 5.74) is 6.43. The van der Waals surface area contributed by atoms with Crippen LogP contribution in [0.2, 0.25) is 0 Å². The number of ketones is 1. The number of aromatic amines is 2. The van der Waals surface area contributed by atoms with Crippen molar-refractivity contribution in [2.24, 2.45) is 4.99 Å². The topological polar surface area (TPSA) is 136 Å². The molecule has 5 rings (SSSR count). The summed E-state index contributed by atoms with van der Waals surface area (Å²) in [5.74, 6) is 0.947. The normalized spacial score (nSPS) is 12.7. The summed E-state index contributed by atoms with van der Waals surface area (Å²) in [4.78, 5) is 45.3. The van der Waals surface area contributed by atoms with Crippen LogP contribution in [0.1, 0.15) is 52.6 Å². The number of aryl methyl sites for hydroxylation is 4. The third kappa shape index (κ3) is 5.52. The fourth-order valence-electron chi connectivity index (χ4n) is 5.46. The highest BCUT2D eigenvalue weighted by Crippen LogP contribution is 2.37. The molecule has 4 aromatic rings. The van der Waals surface area contributed by atoms with E-state index in [-0.39, 0.29) is 30.3 Å². The molecule has 0 amide bonds. The monoisotopic (exact) mass is 558 g/mol. The van der Waals surface area contributed by atoms with E-state index in [0.717, 1.165) is 39.2 Å². The standard InChI is InChI=1S/C30H34N6O5/c1-6-41-25-14-20-9-11-35-22(21(20)15-24(25)40-5)16-26(31-27-18(3)12-17(2)13-19(27)4)36(30(35)39)10-7-8-23(37)28-32-29(38)34-33-28/h12-16H,6-11H2,1-5H3,(H2,32,33,34,38). The predicted molar refractivity (Wildman–Crippen MR) is 154 cm³/mol. The number of Topliss-reactive ketones (excluding diaryl/α,β-unsaturated/α-hetero) is 1. The van der Waals surface area contributed by atoms with Gasteiger partial charge in [-0.2, -0.15) is 0 Å². The Kier molecular flexibility index (Phi) is 7.78. The van der Waals surface area contributed by atoms with Gasteiger partial charge in [-0.05, 0) is 69.4 Å². The number of hydrogen-bond acceptors (Lipinski definition) is 7. The van der Waals surface area contributed by atoms with Gasteiger partial charge in [-0.1, -0.05) is 17.7 Å². The summed E-state index contributed by atoms with van der Waals surface area (Å²) in [7, 11) is 1.60. The van der Waals surface area contributed by atoms with Crippen molar-refractivity contribution in [2.75, 3.05) is 13.7 Å². The molecule has 0 bridgehead atoms. The lowest BCUT2D eigenvalue weighted by Crippen LogP contribution is -2.42. The van der Waals surface area contributed by atoms with Gasteiger partial charge in [-0.3, -0.25) is 18.9 Å². The molecule has 214 valence electrons. The second-order valence-electron chi connectivity index (χ2n) is 10.2. The van der Waals surface area contributed by atoms with Gasteiger partial charge in [0.15, 0.2) is 23.1 Å². The average molecular weight is 559 g/mol. The van der Waals surface area contributed by atoms with E-state index in [9.17, 15) is 14.4 Å². The molecule has 0 radical (unpaired) electrons. The summed E-state index contributed by atoms with van der Waals surface area (Å²) in [5, 5.41) is 5.92. The molecule has 2 N–H and O–H groups in total. The van der Waals surface area contributed by atoms with Gasteiger partial charge in [0, 0.05) is 31.1 Å². The van der Waals surface area contributed by atoms with E-state index in [1.165, 1.54) is 0 Å². The first-order valence-corrected chi connectivity index (χ1v) is 13.7. The predicted octanol–water partition coefficient (Wildman–Crippen LogP) is 3.51. The van der Waals surface area contributed by atoms with E-state index in [0.29, 0.717) is 43.0 Å². The zero-order valence-corrected chi connectivity index (χ0v) is 24.0. The maximum atomic E-state index is 14.0. The minimum Gasteiger partial charge on any atom is -0.493 e. The molecule has 11 nitrogen and oxygen atoms in total. The summed E-state index contributed by atoms with van der Waals surface area (Å²) in [6, 6.07) is 9.98. The molecule has 0 aliphatic carbocycles. The molecular weight excluding hydrogens is 524 g/mol. The van der Waals surface area contributed by atoms with Crippen molar-refractivity contribution >= 4 is 11.5 Å². The molecule has 3 heterocycles. The highest BCUT2D eigenvalue weighted by molar-refractivity contribution is 5.92. The zero-order valence-electron chi connectivity index (χ0n) is 24.0. The zero-order chi connectivity index (χ0) is 29.3. The third-order valence-corrected chi connectivity index (χ3v) is 7.28. The average Bonchev–Trinajstić information content (AvgIpc) is 3.38. The first-order valence-electron chi connectivity index (χ1n) is 13.7. The molecule has 0 saturated carbocycles. The van der Waals surface area contributed by atoms with Crippen LogP contribution in [0.5, 0.6) is 11.5 Å². The van der Waals surface area contributed by atoms with Crippen LogP contribution in [0.4, 0.5) is 5.69 Å². The number of nitrogens with one attached hydrogen (secondary N) is 2. The molecule has 11 heteroatoms. The first kappa shape index (κ1) is 27.9. The van der Waals surface area contributed by atoms with E-state index in [1.54, 1.807) is 16.2 Å². The molecule has 0 atom stereocenters. The molecule has 2 aromatic heterocycles. The first-order chi connectivity index (χ1) is 19.7. The van der Waals surface area contributed by atoms with Crippen LogP contribution in [0.15, 0.2) is 44.9 Å². The summed E-state index contributed by atoms with van der Waals surface area (Å²) >= 11 is 0. The molecule has 0 unspecified atom stereocenters. The maximum Gasteiger partial charge on any atom is 0.341 e. The Morgan fingerprint density at radius 3 is 2.49 bits per heavy atom. The van der Waals surface area contributed by atoms with Crippen molar-refractivity contribution in [1.82, 2.24) is 24.3 Å². The molecule has 1 aliphatic heterocycles. The number of aromatic nitrogens is 5. The Balaban J connectivity index is 1.63. The Morgan fingerprint density at radius 1 is 1.07 bits per heavy atom. The van der Waals surface area contributed by atoms with Crippen LogP contribution in [0.25, 0.3) is 11.3 Å². The number of benzene rings is 2. The quantitative estimate of drug-likeness (QED) is 0.302. The number of carbonyl (C=O) groups is 1. The highest BCUT2D eigenvalue weighted by Gasteiger charge is 2.23.